The van der Waals surface area contributed by atoms with Crippen LogP contribution in [0.25, 0.3) is 0 Å². The van der Waals surface area contributed by atoms with Gasteiger partial charge in [0.15, 0.2) is 6.61 Å². The molecule has 0 saturated carbocycles. The molecule has 2 aromatic rings. The maximum atomic E-state index is 12.9. The van der Waals surface area contributed by atoms with Crippen molar-refractivity contribution in [1.82, 2.24) is 4.31 Å². The highest BCUT2D eigenvalue weighted by Crippen LogP contribution is 2.31. The maximum Gasteiger partial charge on any atom is 0.340 e. The van der Waals surface area contributed by atoms with E-state index < -0.39 is 28.5 Å². The number of hydrogen-bond donors (Lipinski definition) is 1. The van der Waals surface area contributed by atoms with Gasteiger partial charge < -0.3 is 14.8 Å². The van der Waals surface area contributed by atoms with Crippen LogP contribution in [0.2, 0.25) is 10.0 Å². The predicted octanol–water partition coefficient (Wildman–Crippen LogP) is 3.57. The highest BCUT2D eigenvalue weighted by molar-refractivity contribution is 9.10. The summed E-state index contributed by atoms with van der Waals surface area (Å²) in [5.74, 6) is -1.53. The number of ether oxygens (including phenoxy) is 2. The summed E-state index contributed by atoms with van der Waals surface area (Å²) in [6, 6.07) is 9.09. The van der Waals surface area contributed by atoms with Crippen molar-refractivity contribution in [1.29, 1.82) is 0 Å². The summed E-state index contributed by atoms with van der Waals surface area (Å²) in [5.41, 5.74) is 0.298. The van der Waals surface area contributed by atoms with Crippen molar-refractivity contribution in [3.8, 4) is 0 Å². The number of anilines is 1. The van der Waals surface area contributed by atoms with Gasteiger partial charge in [0.2, 0.25) is 10.0 Å². The molecular formula is C19H17BrCl2N2O6S. The van der Waals surface area contributed by atoms with Crippen molar-refractivity contribution in [3.63, 3.8) is 0 Å². The molecule has 3 rings (SSSR count). The van der Waals surface area contributed by atoms with Crippen LogP contribution in [0.4, 0.5) is 5.69 Å². The minimum atomic E-state index is -3.97. The highest BCUT2D eigenvalue weighted by Gasteiger charge is 2.30. The molecule has 0 bridgehead atoms. The topological polar surface area (TPSA) is 102 Å². The van der Waals surface area contributed by atoms with E-state index in [0.717, 1.165) is 16.6 Å². The summed E-state index contributed by atoms with van der Waals surface area (Å²) in [6.45, 7) is 0.252. The number of sulfonamides is 1. The second kappa shape index (κ2) is 10.3. The Hall–Kier alpha value is -1.69. The lowest BCUT2D eigenvalue weighted by molar-refractivity contribution is -0.119. The van der Waals surface area contributed by atoms with Gasteiger partial charge in [0, 0.05) is 23.2 Å². The number of rotatable bonds is 6. The number of nitrogens with zero attached hydrogens (tertiary/aromatic N) is 1. The molecule has 2 aromatic carbocycles. The van der Waals surface area contributed by atoms with Gasteiger partial charge in [-0.05, 0) is 30.3 Å². The van der Waals surface area contributed by atoms with E-state index in [-0.39, 0.29) is 46.8 Å². The van der Waals surface area contributed by atoms with Gasteiger partial charge in [0.25, 0.3) is 5.91 Å². The SMILES string of the molecule is O=C(COC(=O)c1cc(S(=O)(=O)N2CCOCC2)c(Cl)cc1Cl)Nc1cccc(Br)c1. The van der Waals surface area contributed by atoms with Crippen LogP contribution in [-0.2, 0) is 24.3 Å². The fourth-order valence-corrected chi connectivity index (χ4v) is 5.41. The molecule has 0 atom stereocenters. The lowest BCUT2D eigenvalue weighted by atomic mass is 10.2. The van der Waals surface area contributed by atoms with Gasteiger partial charge >= 0.3 is 5.97 Å². The number of morpholine rings is 1. The van der Waals surface area contributed by atoms with E-state index in [1.54, 1.807) is 24.3 Å². The first-order chi connectivity index (χ1) is 14.7. The van der Waals surface area contributed by atoms with Crippen LogP contribution < -0.4 is 5.32 Å². The number of hydrogen-bond acceptors (Lipinski definition) is 6. The van der Waals surface area contributed by atoms with Crippen molar-refractivity contribution in [2.24, 2.45) is 0 Å². The van der Waals surface area contributed by atoms with Crippen LogP contribution in [0.15, 0.2) is 45.8 Å². The van der Waals surface area contributed by atoms with Crippen molar-refractivity contribution >= 4 is 66.7 Å². The predicted molar refractivity (Wildman–Crippen MR) is 119 cm³/mol. The Morgan fingerprint density at radius 2 is 1.84 bits per heavy atom. The summed E-state index contributed by atoms with van der Waals surface area (Å²) in [6.07, 6.45) is 0. The van der Waals surface area contributed by atoms with Crippen LogP contribution >= 0.6 is 39.1 Å². The summed E-state index contributed by atoms with van der Waals surface area (Å²) in [5, 5.41) is 2.36. The number of carbonyl (C=O) groups is 2. The Balaban J connectivity index is 1.73. The van der Waals surface area contributed by atoms with Crippen molar-refractivity contribution in [2.45, 2.75) is 4.90 Å². The molecule has 1 aliphatic rings. The molecule has 31 heavy (non-hydrogen) atoms. The number of nitrogens with one attached hydrogen (secondary N) is 1. The van der Waals surface area contributed by atoms with Gasteiger partial charge in [-0.25, -0.2) is 13.2 Å². The zero-order valence-corrected chi connectivity index (χ0v) is 19.9. The smallest absolute Gasteiger partial charge is 0.340 e. The van der Waals surface area contributed by atoms with E-state index in [2.05, 4.69) is 21.2 Å². The van der Waals surface area contributed by atoms with Gasteiger partial charge in [-0.1, -0.05) is 45.2 Å². The third-order valence-corrected chi connectivity index (χ3v) is 7.44. The molecule has 1 saturated heterocycles. The van der Waals surface area contributed by atoms with E-state index in [4.69, 9.17) is 32.7 Å². The molecule has 12 heteroatoms. The molecule has 166 valence electrons. The van der Waals surface area contributed by atoms with Crippen molar-refractivity contribution in [2.75, 3.05) is 38.2 Å². The highest BCUT2D eigenvalue weighted by atomic mass is 79.9. The Labute approximate surface area is 197 Å². The Bertz CT molecular complexity index is 1110. The zero-order valence-electron chi connectivity index (χ0n) is 15.9. The lowest BCUT2D eigenvalue weighted by Gasteiger charge is -2.26. The fraction of sp³-hybridized carbons (Fsp3) is 0.263. The molecule has 1 amide bonds. The second-order valence-corrected chi connectivity index (χ2v) is 10.1. The number of carbonyl (C=O) groups excluding carboxylic acids is 2. The Morgan fingerprint density at radius 3 is 2.52 bits per heavy atom. The molecule has 0 aliphatic carbocycles. The first-order valence-electron chi connectivity index (χ1n) is 8.98. The van der Waals surface area contributed by atoms with Crippen molar-refractivity contribution in [3.05, 3.63) is 56.5 Å². The van der Waals surface area contributed by atoms with Gasteiger partial charge in [-0.3, -0.25) is 4.79 Å². The molecular weight excluding hydrogens is 535 g/mol. The Morgan fingerprint density at radius 1 is 1.13 bits per heavy atom. The number of benzene rings is 2. The standard InChI is InChI=1S/C19H17BrCl2N2O6S/c20-12-2-1-3-13(8-12)23-18(25)11-30-19(26)14-9-17(16(22)10-15(14)21)31(27,28)24-4-6-29-7-5-24/h1-3,8-10H,4-7,11H2,(H,23,25). The molecule has 1 fully saturated rings. The molecule has 0 radical (unpaired) electrons. The number of halogens is 3. The zero-order chi connectivity index (χ0) is 22.6. The largest absolute Gasteiger partial charge is 0.452 e. The van der Waals surface area contributed by atoms with Crippen LogP contribution in [0, 0.1) is 0 Å². The number of amides is 1. The van der Waals surface area contributed by atoms with E-state index >= 15 is 0 Å². The molecule has 1 heterocycles. The number of esters is 1. The fourth-order valence-electron chi connectivity index (χ4n) is 2.78. The van der Waals surface area contributed by atoms with E-state index in [0.29, 0.717) is 5.69 Å². The van der Waals surface area contributed by atoms with E-state index in [1.165, 1.54) is 4.31 Å². The van der Waals surface area contributed by atoms with Crippen molar-refractivity contribution < 1.29 is 27.5 Å². The quantitative estimate of drug-likeness (QED) is 0.551. The average molecular weight is 552 g/mol. The first-order valence-corrected chi connectivity index (χ1v) is 12.0. The Kier molecular flexibility index (Phi) is 7.95. The second-order valence-electron chi connectivity index (χ2n) is 6.41. The third kappa shape index (κ3) is 5.97. The van der Waals surface area contributed by atoms with Crippen LogP contribution in [0.3, 0.4) is 0 Å². The molecule has 0 aromatic heterocycles. The summed E-state index contributed by atoms with van der Waals surface area (Å²) < 4.78 is 38.0. The maximum absolute atomic E-state index is 12.9. The lowest BCUT2D eigenvalue weighted by Crippen LogP contribution is -2.40. The molecule has 8 nitrogen and oxygen atoms in total. The minimum Gasteiger partial charge on any atom is -0.452 e. The first kappa shape index (κ1) is 24.0. The third-order valence-electron chi connectivity index (χ3n) is 4.27. The monoisotopic (exact) mass is 550 g/mol. The van der Waals surface area contributed by atoms with Gasteiger partial charge in [0.05, 0.1) is 28.8 Å². The van der Waals surface area contributed by atoms with Gasteiger partial charge in [-0.15, -0.1) is 0 Å². The summed E-state index contributed by atoms with van der Waals surface area (Å²) >= 11 is 15.5. The molecule has 0 unspecified atom stereocenters. The van der Waals surface area contributed by atoms with Crippen LogP contribution in [-0.4, -0.2) is 57.5 Å². The molecule has 0 spiro atoms. The van der Waals surface area contributed by atoms with Gasteiger partial charge in [-0.2, -0.15) is 4.31 Å². The van der Waals surface area contributed by atoms with Crippen LogP contribution in [0.1, 0.15) is 10.4 Å². The summed E-state index contributed by atoms with van der Waals surface area (Å²) in [4.78, 5) is 24.3. The summed E-state index contributed by atoms with van der Waals surface area (Å²) in [7, 11) is -3.97. The van der Waals surface area contributed by atoms with E-state index in [9.17, 15) is 18.0 Å². The van der Waals surface area contributed by atoms with Gasteiger partial charge in [0.1, 0.15) is 4.90 Å². The molecule has 1 aliphatic heterocycles. The van der Waals surface area contributed by atoms with E-state index in [1.807, 2.05) is 0 Å². The minimum absolute atomic E-state index is 0.0941. The van der Waals surface area contributed by atoms with Crippen LogP contribution in [0.5, 0.6) is 0 Å². The average Bonchev–Trinajstić information content (AvgIpc) is 2.72. The molecule has 1 N–H and O–H groups in total. The normalized spacial score (nSPS) is 14.8.